The van der Waals surface area contributed by atoms with Crippen LogP contribution in [0.4, 0.5) is 5.82 Å². The Hall–Kier alpha value is -3.68. The first-order valence-electron chi connectivity index (χ1n) is 7.43. The molecule has 8 nitrogen and oxygen atoms in total. The Morgan fingerprint density at radius 1 is 1.08 bits per heavy atom. The van der Waals surface area contributed by atoms with Crippen LogP contribution in [0.3, 0.4) is 0 Å². The quantitative estimate of drug-likeness (QED) is 0.425. The van der Waals surface area contributed by atoms with E-state index in [-0.39, 0.29) is 17.3 Å². The van der Waals surface area contributed by atoms with Gasteiger partial charge in [0.25, 0.3) is 0 Å². The topological polar surface area (TPSA) is 116 Å². The second-order valence-corrected chi connectivity index (χ2v) is 5.01. The maximum Gasteiger partial charge on any atom is 0.362 e. The number of hydrogen-bond acceptors (Lipinski definition) is 7. The molecule has 0 unspecified atom stereocenters. The van der Waals surface area contributed by atoms with Crippen LogP contribution >= 0.6 is 0 Å². The zero-order valence-corrected chi connectivity index (χ0v) is 13.1. The van der Waals surface area contributed by atoms with Gasteiger partial charge in [0.2, 0.25) is 0 Å². The Bertz CT molecular complexity index is 862. The van der Waals surface area contributed by atoms with Gasteiger partial charge in [-0.25, -0.2) is 9.42 Å². The Labute approximate surface area is 143 Å². The standard InChI is InChI=1S/C17H15N5O3/c18-15-14(20-25-21-15)16(19-11-12-7-3-1-4-8-12)22-24-17(23)13-9-5-2-6-10-13/h1-10H,11H2,(H2,18,21)(H,19,22). The molecule has 0 atom stereocenters. The number of aromatic nitrogens is 2. The molecule has 25 heavy (non-hydrogen) atoms. The van der Waals surface area contributed by atoms with Crippen molar-refractivity contribution in [2.75, 3.05) is 5.73 Å². The van der Waals surface area contributed by atoms with Crippen LogP contribution in [0.5, 0.6) is 0 Å². The molecule has 3 N–H and O–H groups in total. The number of rotatable bonds is 4. The molecule has 0 aliphatic carbocycles. The van der Waals surface area contributed by atoms with E-state index in [4.69, 9.17) is 10.6 Å². The first kappa shape index (κ1) is 16.2. The van der Waals surface area contributed by atoms with Gasteiger partial charge in [-0.15, -0.1) is 0 Å². The van der Waals surface area contributed by atoms with E-state index in [1.807, 2.05) is 30.3 Å². The number of nitrogens with zero attached hydrogens (tertiary/aromatic N) is 3. The summed E-state index contributed by atoms with van der Waals surface area (Å²) in [6.07, 6.45) is 0. The second kappa shape index (κ2) is 7.73. The third-order valence-corrected chi connectivity index (χ3v) is 3.25. The maximum atomic E-state index is 12.0. The van der Waals surface area contributed by atoms with Crippen molar-refractivity contribution < 1.29 is 14.3 Å². The zero-order chi connectivity index (χ0) is 17.5. The predicted octanol–water partition coefficient (Wildman–Crippen LogP) is 1.96. The van der Waals surface area contributed by atoms with E-state index in [1.165, 1.54) is 0 Å². The van der Waals surface area contributed by atoms with Crippen LogP contribution in [0.25, 0.3) is 0 Å². The lowest BCUT2D eigenvalue weighted by Gasteiger charge is -2.08. The third-order valence-electron chi connectivity index (χ3n) is 3.25. The molecule has 3 aromatic rings. The summed E-state index contributed by atoms with van der Waals surface area (Å²) in [5, 5.41) is 7.19. The van der Waals surface area contributed by atoms with E-state index in [0.29, 0.717) is 12.1 Å². The number of hydroxylamine groups is 1. The summed E-state index contributed by atoms with van der Waals surface area (Å²) in [4.78, 5) is 21.5. The fourth-order valence-electron chi connectivity index (χ4n) is 2.00. The molecule has 0 spiro atoms. The lowest BCUT2D eigenvalue weighted by molar-refractivity contribution is 0.0386. The highest BCUT2D eigenvalue weighted by atomic mass is 16.7. The molecule has 0 saturated heterocycles. The SMILES string of the molecule is Nc1nonc1C(=NCc1ccccc1)NOC(=O)c1ccccc1. The van der Waals surface area contributed by atoms with Gasteiger partial charge in [0.15, 0.2) is 17.3 Å². The van der Waals surface area contributed by atoms with Crippen LogP contribution in [0, 0.1) is 0 Å². The van der Waals surface area contributed by atoms with Gasteiger partial charge in [-0.05, 0) is 28.0 Å². The van der Waals surface area contributed by atoms with Crippen LogP contribution in [0.2, 0.25) is 0 Å². The molecule has 0 saturated carbocycles. The zero-order valence-electron chi connectivity index (χ0n) is 13.1. The molecular weight excluding hydrogens is 322 g/mol. The molecule has 126 valence electrons. The number of nitrogens with two attached hydrogens (primary N) is 1. The normalized spacial score (nSPS) is 11.1. The number of amidine groups is 1. The smallest absolute Gasteiger partial charge is 0.362 e. The maximum absolute atomic E-state index is 12.0. The number of aliphatic imine (C=N–C) groups is 1. The molecule has 2 aromatic carbocycles. The summed E-state index contributed by atoms with van der Waals surface area (Å²) in [5.41, 5.74) is 9.71. The van der Waals surface area contributed by atoms with Gasteiger partial charge in [0, 0.05) is 0 Å². The van der Waals surface area contributed by atoms with Gasteiger partial charge in [0.1, 0.15) is 0 Å². The summed E-state index contributed by atoms with van der Waals surface area (Å²) >= 11 is 0. The Balaban J connectivity index is 1.75. The first-order valence-corrected chi connectivity index (χ1v) is 7.43. The molecule has 8 heteroatoms. The van der Waals surface area contributed by atoms with Gasteiger partial charge < -0.3 is 10.6 Å². The fraction of sp³-hybridized carbons (Fsp3) is 0.0588. The van der Waals surface area contributed by atoms with Crippen molar-refractivity contribution in [3.8, 4) is 0 Å². The molecule has 1 heterocycles. The Morgan fingerprint density at radius 3 is 2.40 bits per heavy atom. The van der Waals surface area contributed by atoms with E-state index in [1.54, 1.807) is 30.3 Å². The monoisotopic (exact) mass is 337 g/mol. The molecule has 0 radical (unpaired) electrons. The second-order valence-electron chi connectivity index (χ2n) is 5.01. The summed E-state index contributed by atoms with van der Waals surface area (Å²) in [5.74, 6) is -0.384. The summed E-state index contributed by atoms with van der Waals surface area (Å²) in [6, 6.07) is 18.1. The van der Waals surface area contributed by atoms with Crippen molar-refractivity contribution >= 4 is 17.6 Å². The molecule has 0 aliphatic heterocycles. The van der Waals surface area contributed by atoms with E-state index in [9.17, 15) is 4.79 Å². The van der Waals surface area contributed by atoms with Crippen molar-refractivity contribution in [1.29, 1.82) is 0 Å². The van der Waals surface area contributed by atoms with Crippen LogP contribution in [-0.4, -0.2) is 22.1 Å². The Kier molecular flexibility index (Phi) is 5.01. The van der Waals surface area contributed by atoms with Gasteiger partial charge in [0.05, 0.1) is 12.1 Å². The molecule has 0 amide bonds. The average molecular weight is 337 g/mol. The van der Waals surface area contributed by atoms with E-state index < -0.39 is 5.97 Å². The number of benzene rings is 2. The van der Waals surface area contributed by atoms with Crippen molar-refractivity contribution in [3.05, 3.63) is 77.5 Å². The van der Waals surface area contributed by atoms with Crippen molar-refractivity contribution in [2.24, 2.45) is 4.99 Å². The fourth-order valence-corrected chi connectivity index (χ4v) is 2.00. The van der Waals surface area contributed by atoms with Crippen LogP contribution < -0.4 is 11.2 Å². The minimum absolute atomic E-state index is 0.0371. The van der Waals surface area contributed by atoms with Crippen LogP contribution in [0.1, 0.15) is 21.6 Å². The van der Waals surface area contributed by atoms with Gasteiger partial charge in [-0.1, -0.05) is 48.5 Å². The number of nitrogens with one attached hydrogen (secondary N) is 1. The number of hydrogen-bond donors (Lipinski definition) is 2. The Morgan fingerprint density at radius 2 is 1.76 bits per heavy atom. The van der Waals surface area contributed by atoms with E-state index in [2.05, 4.69) is 25.4 Å². The molecule has 0 aliphatic rings. The number of carbonyl (C=O) groups is 1. The molecule has 3 rings (SSSR count). The van der Waals surface area contributed by atoms with Gasteiger partial charge >= 0.3 is 5.97 Å². The van der Waals surface area contributed by atoms with Crippen LogP contribution in [0.15, 0.2) is 70.3 Å². The highest BCUT2D eigenvalue weighted by Gasteiger charge is 2.16. The number of nitrogen functional groups attached to an aromatic ring is 1. The van der Waals surface area contributed by atoms with Crippen molar-refractivity contribution in [3.63, 3.8) is 0 Å². The molecule has 1 aromatic heterocycles. The predicted molar refractivity (Wildman–Crippen MR) is 90.4 cm³/mol. The van der Waals surface area contributed by atoms with E-state index >= 15 is 0 Å². The largest absolute Gasteiger partial charge is 0.379 e. The molecule has 0 bridgehead atoms. The summed E-state index contributed by atoms with van der Waals surface area (Å²) in [7, 11) is 0. The van der Waals surface area contributed by atoms with Gasteiger partial charge in [-0.3, -0.25) is 4.99 Å². The lowest BCUT2D eigenvalue weighted by atomic mass is 10.2. The first-order chi connectivity index (χ1) is 12.2. The van der Waals surface area contributed by atoms with E-state index in [0.717, 1.165) is 5.56 Å². The highest BCUT2D eigenvalue weighted by Crippen LogP contribution is 2.08. The molecule has 0 fully saturated rings. The minimum Gasteiger partial charge on any atom is -0.379 e. The highest BCUT2D eigenvalue weighted by molar-refractivity contribution is 6.01. The summed E-state index contributed by atoms with van der Waals surface area (Å²) < 4.78 is 4.58. The summed E-state index contributed by atoms with van der Waals surface area (Å²) in [6.45, 7) is 0.332. The van der Waals surface area contributed by atoms with Crippen molar-refractivity contribution in [2.45, 2.75) is 6.54 Å². The lowest BCUT2D eigenvalue weighted by Crippen LogP contribution is -2.29. The molecular formula is C17H15N5O3. The number of anilines is 1. The minimum atomic E-state index is -0.567. The third kappa shape index (κ3) is 4.20. The van der Waals surface area contributed by atoms with Gasteiger partial charge in [-0.2, -0.15) is 5.48 Å². The van der Waals surface area contributed by atoms with Crippen LogP contribution in [-0.2, 0) is 11.4 Å². The number of carbonyl (C=O) groups excluding carboxylic acids is 1. The van der Waals surface area contributed by atoms with Crippen molar-refractivity contribution in [1.82, 2.24) is 15.8 Å². The average Bonchev–Trinajstić information content (AvgIpc) is 3.09.